The van der Waals surface area contributed by atoms with Gasteiger partial charge in [0.2, 0.25) is 11.8 Å². The van der Waals surface area contributed by atoms with Crippen molar-refractivity contribution >= 4 is 50.7 Å². The maximum absolute atomic E-state index is 14.2. The highest BCUT2D eigenvalue weighted by atomic mass is 35.5. The van der Waals surface area contributed by atoms with Crippen LogP contribution >= 0.6 is 23.2 Å². The van der Waals surface area contributed by atoms with E-state index in [0.29, 0.717) is 34.4 Å². The first-order valence-corrected chi connectivity index (χ1v) is 15.9. The van der Waals surface area contributed by atoms with Gasteiger partial charge in [-0.2, -0.15) is 0 Å². The number of hydrogen-bond acceptors (Lipinski definition) is 5. The molecule has 0 saturated heterocycles. The van der Waals surface area contributed by atoms with E-state index < -0.39 is 28.5 Å². The van der Waals surface area contributed by atoms with Crippen molar-refractivity contribution in [2.75, 3.05) is 17.5 Å². The molecular formula is C31H37Cl2N3O5S. The van der Waals surface area contributed by atoms with Gasteiger partial charge in [-0.1, -0.05) is 66.0 Å². The molecule has 2 amide bonds. The summed E-state index contributed by atoms with van der Waals surface area (Å²) in [5, 5.41) is 3.53. The number of anilines is 1. The summed E-state index contributed by atoms with van der Waals surface area (Å²) in [7, 11) is -4.23. The molecule has 1 N–H and O–H groups in total. The molecule has 3 aromatic carbocycles. The Hall–Kier alpha value is -3.27. The van der Waals surface area contributed by atoms with Crippen molar-refractivity contribution in [1.29, 1.82) is 0 Å². The van der Waals surface area contributed by atoms with Gasteiger partial charge in [-0.15, -0.1) is 0 Å². The summed E-state index contributed by atoms with van der Waals surface area (Å²) < 4.78 is 35.0. The number of halogens is 2. The Bertz CT molecular complexity index is 1500. The second-order valence-corrected chi connectivity index (χ2v) is 12.8. The van der Waals surface area contributed by atoms with Crippen LogP contribution in [0.5, 0.6) is 5.75 Å². The SMILES string of the molecule is CCOc1ccccc1N(CC(=O)N(Cc1ccc(Cl)c(Cl)c1)C(CC)C(=O)NC(C)C)S(=O)(=O)c1ccc(C)cc1. The van der Waals surface area contributed by atoms with E-state index in [1.807, 2.05) is 20.8 Å². The maximum atomic E-state index is 14.2. The highest BCUT2D eigenvalue weighted by molar-refractivity contribution is 7.92. The number of hydrogen-bond donors (Lipinski definition) is 1. The third-order valence-electron chi connectivity index (χ3n) is 6.48. The second kappa shape index (κ2) is 14.8. The van der Waals surface area contributed by atoms with E-state index in [0.717, 1.165) is 9.87 Å². The Kier molecular flexibility index (Phi) is 11.7. The molecule has 0 radical (unpaired) electrons. The number of aryl methyl sites for hydroxylation is 1. The molecule has 11 heteroatoms. The standard InChI is InChI=1S/C31H37Cl2N3O5S/c1-6-27(31(38)34-21(3)4)35(19-23-14-17-25(32)26(33)18-23)30(37)20-36(28-10-8-9-11-29(28)41-7-2)42(39,40)24-15-12-22(5)13-16-24/h8-18,21,27H,6-7,19-20H2,1-5H3,(H,34,38). The van der Waals surface area contributed by atoms with Gasteiger partial charge < -0.3 is 15.0 Å². The van der Waals surface area contributed by atoms with Gasteiger partial charge >= 0.3 is 0 Å². The number of sulfonamides is 1. The van der Waals surface area contributed by atoms with Gasteiger partial charge in [0.25, 0.3) is 10.0 Å². The van der Waals surface area contributed by atoms with Crippen LogP contribution in [-0.4, -0.2) is 50.4 Å². The van der Waals surface area contributed by atoms with Gasteiger partial charge in [-0.25, -0.2) is 8.42 Å². The van der Waals surface area contributed by atoms with Gasteiger partial charge in [-0.05, 0) is 76.1 Å². The Morgan fingerprint density at radius 2 is 1.62 bits per heavy atom. The number of carbonyl (C=O) groups is 2. The van der Waals surface area contributed by atoms with E-state index in [1.165, 1.54) is 17.0 Å². The Balaban J connectivity index is 2.13. The fourth-order valence-corrected chi connectivity index (χ4v) is 6.17. The molecule has 3 rings (SSSR count). The molecule has 0 aromatic heterocycles. The molecule has 0 aliphatic heterocycles. The van der Waals surface area contributed by atoms with Gasteiger partial charge in [0, 0.05) is 12.6 Å². The average molecular weight is 635 g/mol. The lowest BCUT2D eigenvalue weighted by Gasteiger charge is -2.34. The molecule has 0 bridgehead atoms. The molecule has 8 nitrogen and oxygen atoms in total. The quantitative estimate of drug-likeness (QED) is 0.241. The fourth-order valence-electron chi connectivity index (χ4n) is 4.43. The highest BCUT2D eigenvalue weighted by Crippen LogP contribution is 2.33. The van der Waals surface area contributed by atoms with Crippen LogP contribution in [0, 0.1) is 6.92 Å². The number of benzene rings is 3. The highest BCUT2D eigenvalue weighted by Gasteiger charge is 2.35. The van der Waals surface area contributed by atoms with E-state index >= 15 is 0 Å². The first kappa shape index (κ1) is 33.2. The molecule has 0 aliphatic rings. The third-order valence-corrected chi connectivity index (χ3v) is 8.99. The van der Waals surface area contributed by atoms with Crippen molar-refractivity contribution in [3.05, 3.63) is 87.9 Å². The maximum Gasteiger partial charge on any atom is 0.264 e. The van der Waals surface area contributed by atoms with Crippen LogP contribution in [0.4, 0.5) is 5.69 Å². The van der Waals surface area contributed by atoms with Crippen molar-refractivity contribution in [1.82, 2.24) is 10.2 Å². The van der Waals surface area contributed by atoms with E-state index in [4.69, 9.17) is 27.9 Å². The molecule has 0 spiro atoms. The predicted molar refractivity (Wildman–Crippen MR) is 168 cm³/mol. The zero-order valence-corrected chi connectivity index (χ0v) is 26.8. The number of amides is 2. The summed E-state index contributed by atoms with van der Waals surface area (Å²) >= 11 is 12.4. The average Bonchev–Trinajstić information content (AvgIpc) is 2.94. The summed E-state index contributed by atoms with van der Waals surface area (Å²) in [6.07, 6.45) is 0.297. The Morgan fingerprint density at radius 3 is 2.21 bits per heavy atom. The Morgan fingerprint density at radius 1 is 0.952 bits per heavy atom. The number of nitrogens with one attached hydrogen (secondary N) is 1. The molecule has 1 atom stereocenters. The van der Waals surface area contributed by atoms with Gasteiger partial charge in [-0.3, -0.25) is 13.9 Å². The number of ether oxygens (including phenoxy) is 1. The Labute approximate surface area is 258 Å². The van der Waals surface area contributed by atoms with Crippen molar-refractivity contribution in [3.8, 4) is 5.75 Å². The van der Waals surface area contributed by atoms with Crippen LogP contribution in [0.1, 0.15) is 45.2 Å². The van der Waals surface area contributed by atoms with Crippen LogP contribution in [0.15, 0.2) is 71.6 Å². The number of nitrogens with zero attached hydrogens (tertiary/aromatic N) is 2. The monoisotopic (exact) mass is 633 g/mol. The molecule has 226 valence electrons. The van der Waals surface area contributed by atoms with E-state index in [2.05, 4.69) is 5.32 Å². The molecule has 42 heavy (non-hydrogen) atoms. The van der Waals surface area contributed by atoms with Gasteiger partial charge in [0.15, 0.2) is 0 Å². The van der Waals surface area contributed by atoms with E-state index in [9.17, 15) is 18.0 Å². The van der Waals surface area contributed by atoms with Crippen molar-refractivity contribution in [3.63, 3.8) is 0 Å². The molecular weight excluding hydrogens is 597 g/mol. The smallest absolute Gasteiger partial charge is 0.264 e. The van der Waals surface area contributed by atoms with E-state index in [-0.39, 0.29) is 29.1 Å². The molecule has 0 saturated carbocycles. The van der Waals surface area contributed by atoms with Crippen LogP contribution in [0.2, 0.25) is 10.0 Å². The molecule has 0 heterocycles. The lowest BCUT2D eigenvalue weighted by molar-refractivity contribution is -0.140. The lowest BCUT2D eigenvalue weighted by Crippen LogP contribution is -2.53. The van der Waals surface area contributed by atoms with Gasteiger partial charge in [0.05, 0.1) is 27.2 Å². The number of rotatable bonds is 13. The van der Waals surface area contributed by atoms with Crippen molar-refractivity contribution < 1.29 is 22.7 Å². The zero-order chi connectivity index (χ0) is 31.0. The number of para-hydroxylation sites is 2. The third kappa shape index (κ3) is 8.18. The summed E-state index contributed by atoms with van der Waals surface area (Å²) in [5.41, 5.74) is 1.74. The topological polar surface area (TPSA) is 96.0 Å². The summed E-state index contributed by atoms with van der Waals surface area (Å²) in [4.78, 5) is 28.9. The summed E-state index contributed by atoms with van der Waals surface area (Å²) in [5.74, 6) is -0.610. The first-order valence-electron chi connectivity index (χ1n) is 13.7. The van der Waals surface area contributed by atoms with Crippen LogP contribution in [0.25, 0.3) is 0 Å². The minimum Gasteiger partial charge on any atom is -0.492 e. The molecule has 1 unspecified atom stereocenters. The molecule has 0 fully saturated rings. The normalized spacial score (nSPS) is 12.1. The summed E-state index contributed by atoms with van der Waals surface area (Å²) in [6, 6.07) is 17.0. The predicted octanol–water partition coefficient (Wildman–Crippen LogP) is 6.23. The second-order valence-electron chi connectivity index (χ2n) is 10.1. The van der Waals surface area contributed by atoms with Crippen LogP contribution in [0.3, 0.4) is 0 Å². The first-order chi connectivity index (χ1) is 19.9. The largest absolute Gasteiger partial charge is 0.492 e. The van der Waals surface area contributed by atoms with Crippen molar-refractivity contribution in [2.45, 2.75) is 64.6 Å². The minimum atomic E-state index is -4.23. The molecule has 0 aliphatic carbocycles. The van der Waals surface area contributed by atoms with Crippen LogP contribution in [-0.2, 0) is 26.2 Å². The number of carbonyl (C=O) groups excluding carboxylic acids is 2. The van der Waals surface area contributed by atoms with Gasteiger partial charge in [0.1, 0.15) is 18.3 Å². The zero-order valence-electron chi connectivity index (χ0n) is 24.4. The molecule has 3 aromatic rings. The van der Waals surface area contributed by atoms with E-state index in [1.54, 1.807) is 68.4 Å². The van der Waals surface area contributed by atoms with Crippen molar-refractivity contribution in [2.24, 2.45) is 0 Å². The summed E-state index contributed by atoms with van der Waals surface area (Å²) in [6.45, 7) is 8.82. The minimum absolute atomic E-state index is 0.00523. The van der Waals surface area contributed by atoms with Crippen LogP contribution < -0.4 is 14.4 Å². The fraction of sp³-hybridized carbons (Fsp3) is 0.355. The lowest BCUT2D eigenvalue weighted by atomic mass is 10.1.